The largest absolute Gasteiger partial charge is 0.396 e. The molecule has 4 heteroatoms. The molecule has 0 unspecified atom stereocenters. The fourth-order valence-electron chi connectivity index (χ4n) is 1.06. The number of nitrogens with zero attached hydrogens (tertiary/aromatic N) is 1. The van der Waals surface area contributed by atoms with Gasteiger partial charge in [-0.25, -0.2) is 4.98 Å². The van der Waals surface area contributed by atoms with Crippen LogP contribution in [0, 0.1) is 0 Å². The molecular formula is C9H16N2OS. The molecule has 1 rings (SSSR count). The minimum absolute atomic E-state index is 0.255. The van der Waals surface area contributed by atoms with Gasteiger partial charge in [-0.15, -0.1) is 11.3 Å². The fourth-order valence-corrected chi connectivity index (χ4v) is 1.94. The molecule has 2 N–H and O–H groups in total. The summed E-state index contributed by atoms with van der Waals surface area (Å²) in [5.41, 5.74) is 1.16. The van der Waals surface area contributed by atoms with Crippen molar-refractivity contribution in [2.24, 2.45) is 0 Å². The number of hydrogen-bond donors (Lipinski definition) is 2. The predicted molar refractivity (Wildman–Crippen MR) is 55.2 cm³/mol. The standard InChI is InChI=1S/C9H16N2OS/c1-10-5-4-8-7-13-9(11-8)3-2-6-12/h7,10,12H,2-6H2,1H3. The third-order valence-corrected chi connectivity index (χ3v) is 2.74. The Morgan fingerprint density at radius 3 is 3.08 bits per heavy atom. The van der Waals surface area contributed by atoms with E-state index in [1.54, 1.807) is 11.3 Å². The lowest BCUT2D eigenvalue weighted by molar-refractivity contribution is 0.288. The van der Waals surface area contributed by atoms with Gasteiger partial charge in [-0.05, 0) is 13.5 Å². The zero-order valence-corrected chi connectivity index (χ0v) is 8.73. The second-order valence-electron chi connectivity index (χ2n) is 2.91. The lowest BCUT2D eigenvalue weighted by Crippen LogP contribution is -2.10. The Kier molecular flexibility index (Phi) is 4.97. The molecule has 0 saturated heterocycles. The molecule has 13 heavy (non-hydrogen) atoms. The van der Waals surface area contributed by atoms with E-state index >= 15 is 0 Å². The molecule has 3 nitrogen and oxygen atoms in total. The van der Waals surface area contributed by atoms with Crippen LogP contribution in [0.15, 0.2) is 5.38 Å². The summed E-state index contributed by atoms with van der Waals surface area (Å²) in [6, 6.07) is 0. The first-order chi connectivity index (χ1) is 6.36. The maximum Gasteiger partial charge on any atom is 0.0929 e. The normalized spacial score (nSPS) is 10.6. The van der Waals surface area contributed by atoms with Crippen molar-refractivity contribution in [3.8, 4) is 0 Å². The zero-order valence-electron chi connectivity index (χ0n) is 7.92. The number of aliphatic hydroxyl groups excluding tert-OH is 1. The van der Waals surface area contributed by atoms with Crippen molar-refractivity contribution in [2.75, 3.05) is 20.2 Å². The summed E-state index contributed by atoms with van der Waals surface area (Å²) in [6.07, 6.45) is 2.71. The molecule has 0 spiro atoms. The van der Waals surface area contributed by atoms with Gasteiger partial charge in [0.05, 0.1) is 10.7 Å². The molecule has 74 valence electrons. The van der Waals surface area contributed by atoms with E-state index in [2.05, 4.69) is 15.7 Å². The molecule has 1 aromatic heterocycles. The lowest BCUT2D eigenvalue weighted by atomic mass is 10.3. The van der Waals surface area contributed by atoms with Crippen LogP contribution in [0.1, 0.15) is 17.1 Å². The van der Waals surface area contributed by atoms with Gasteiger partial charge in [0, 0.05) is 31.4 Å². The summed E-state index contributed by atoms with van der Waals surface area (Å²) >= 11 is 1.69. The number of hydrogen-bond acceptors (Lipinski definition) is 4. The van der Waals surface area contributed by atoms with E-state index in [0.29, 0.717) is 0 Å². The highest BCUT2D eigenvalue weighted by atomic mass is 32.1. The highest BCUT2D eigenvalue weighted by Gasteiger charge is 2.00. The summed E-state index contributed by atoms with van der Waals surface area (Å²) in [4.78, 5) is 4.45. The van der Waals surface area contributed by atoms with Gasteiger partial charge >= 0.3 is 0 Å². The van der Waals surface area contributed by atoms with E-state index < -0.39 is 0 Å². The van der Waals surface area contributed by atoms with Crippen LogP contribution < -0.4 is 5.32 Å². The average molecular weight is 200 g/mol. The third-order valence-electron chi connectivity index (χ3n) is 1.78. The molecule has 0 aliphatic heterocycles. The van der Waals surface area contributed by atoms with Gasteiger partial charge in [0.1, 0.15) is 0 Å². The summed E-state index contributed by atoms with van der Waals surface area (Å²) < 4.78 is 0. The summed E-state index contributed by atoms with van der Waals surface area (Å²) in [5, 5.41) is 15.0. The van der Waals surface area contributed by atoms with Crippen molar-refractivity contribution in [1.29, 1.82) is 0 Å². The maximum absolute atomic E-state index is 8.64. The van der Waals surface area contributed by atoms with Gasteiger partial charge in [-0.3, -0.25) is 0 Å². The smallest absolute Gasteiger partial charge is 0.0929 e. The topological polar surface area (TPSA) is 45.1 Å². The zero-order chi connectivity index (χ0) is 9.52. The maximum atomic E-state index is 8.64. The van der Waals surface area contributed by atoms with Gasteiger partial charge in [0.15, 0.2) is 0 Å². The van der Waals surface area contributed by atoms with Crippen LogP contribution >= 0.6 is 11.3 Å². The van der Waals surface area contributed by atoms with Crippen molar-refractivity contribution in [3.05, 3.63) is 16.1 Å². The van der Waals surface area contributed by atoms with Gasteiger partial charge in [-0.1, -0.05) is 0 Å². The number of nitrogens with one attached hydrogen (secondary N) is 1. The monoisotopic (exact) mass is 200 g/mol. The third kappa shape index (κ3) is 3.85. The minimum atomic E-state index is 0.255. The number of likely N-dealkylation sites (N-methyl/N-ethyl adjacent to an activating group) is 1. The number of aryl methyl sites for hydroxylation is 1. The quantitative estimate of drug-likeness (QED) is 0.715. The minimum Gasteiger partial charge on any atom is -0.396 e. The molecule has 0 aliphatic rings. The van der Waals surface area contributed by atoms with Crippen molar-refractivity contribution < 1.29 is 5.11 Å². The first-order valence-electron chi connectivity index (χ1n) is 4.55. The molecule has 0 fully saturated rings. The molecule has 0 radical (unpaired) electrons. The van der Waals surface area contributed by atoms with Crippen LogP contribution in [-0.4, -0.2) is 30.3 Å². The molecule has 1 aromatic rings. The van der Waals surface area contributed by atoms with Gasteiger partial charge in [0.2, 0.25) is 0 Å². The van der Waals surface area contributed by atoms with Gasteiger partial charge in [-0.2, -0.15) is 0 Å². The van der Waals surface area contributed by atoms with Crippen LogP contribution in [0.25, 0.3) is 0 Å². The average Bonchev–Trinajstić information content (AvgIpc) is 2.59. The SMILES string of the molecule is CNCCc1csc(CCCO)n1. The van der Waals surface area contributed by atoms with E-state index in [4.69, 9.17) is 5.11 Å². The van der Waals surface area contributed by atoms with Crippen LogP contribution in [0.2, 0.25) is 0 Å². The molecule has 0 bridgehead atoms. The van der Waals surface area contributed by atoms with Crippen molar-refractivity contribution in [3.63, 3.8) is 0 Å². The van der Waals surface area contributed by atoms with Gasteiger partial charge < -0.3 is 10.4 Å². The Hall–Kier alpha value is -0.450. The molecule has 0 amide bonds. The fraction of sp³-hybridized carbons (Fsp3) is 0.667. The molecule has 0 aromatic carbocycles. The Bertz CT molecular complexity index is 215. The van der Waals surface area contributed by atoms with Crippen LogP contribution in [0.3, 0.4) is 0 Å². The van der Waals surface area contributed by atoms with E-state index in [0.717, 1.165) is 36.5 Å². The van der Waals surface area contributed by atoms with Crippen LogP contribution in [0.4, 0.5) is 0 Å². The lowest BCUT2D eigenvalue weighted by Gasteiger charge is -1.94. The Morgan fingerprint density at radius 2 is 2.38 bits per heavy atom. The second kappa shape index (κ2) is 6.07. The molecule has 0 saturated carbocycles. The van der Waals surface area contributed by atoms with E-state index in [1.165, 1.54) is 0 Å². The highest BCUT2D eigenvalue weighted by molar-refractivity contribution is 7.09. The molecular weight excluding hydrogens is 184 g/mol. The van der Waals surface area contributed by atoms with Crippen molar-refractivity contribution >= 4 is 11.3 Å². The molecule has 0 atom stereocenters. The number of thiazole rings is 1. The second-order valence-corrected chi connectivity index (χ2v) is 3.86. The summed E-state index contributed by atoms with van der Waals surface area (Å²) in [7, 11) is 1.94. The highest BCUT2D eigenvalue weighted by Crippen LogP contribution is 2.11. The molecule has 1 heterocycles. The van der Waals surface area contributed by atoms with Crippen molar-refractivity contribution in [2.45, 2.75) is 19.3 Å². The van der Waals surface area contributed by atoms with Crippen LogP contribution in [0.5, 0.6) is 0 Å². The first kappa shape index (κ1) is 10.6. The van der Waals surface area contributed by atoms with E-state index in [-0.39, 0.29) is 6.61 Å². The van der Waals surface area contributed by atoms with Gasteiger partial charge in [0.25, 0.3) is 0 Å². The predicted octanol–water partition coefficient (Wildman–Crippen LogP) is 0.830. The Balaban J connectivity index is 2.34. The number of aromatic nitrogens is 1. The summed E-state index contributed by atoms with van der Waals surface area (Å²) in [5.74, 6) is 0. The Morgan fingerprint density at radius 1 is 1.54 bits per heavy atom. The van der Waals surface area contributed by atoms with Crippen LogP contribution in [-0.2, 0) is 12.8 Å². The number of rotatable bonds is 6. The number of aliphatic hydroxyl groups is 1. The van der Waals surface area contributed by atoms with E-state index in [9.17, 15) is 0 Å². The van der Waals surface area contributed by atoms with E-state index in [1.807, 2.05) is 7.05 Å². The molecule has 0 aliphatic carbocycles. The Labute approximate surface area is 82.8 Å². The summed E-state index contributed by atoms with van der Waals surface area (Å²) in [6.45, 7) is 1.23. The van der Waals surface area contributed by atoms with Crippen molar-refractivity contribution in [1.82, 2.24) is 10.3 Å². The first-order valence-corrected chi connectivity index (χ1v) is 5.43.